The number of methoxy groups -OCH3 is 1. The highest BCUT2D eigenvalue weighted by Gasteiger charge is 2.14. The predicted octanol–water partition coefficient (Wildman–Crippen LogP) is 1.33. The third-order valence-electron chi connectivity index (χ3n) is 3.24. The minimum absolute atomic E-state index is 0.0717. The van der Waals surface area contributed by atoms with Crippen molar-refractivity contribution >= 4 is 17.6 Å². The van der Waals surface area contributed by atoms with Gasteiger partial charge < -0.3 is 19.8 Å². The number of quaternary nitrogens is 1. The number of amides is 1. The second-order valence-corrected chi connectivity index (χ2v) is 4.86. The third kappa shape index (κ3) is 4.20. The Morgan fingerprint density at radius 1 is 1.27 bits per heavy atom. The molecule has 0 saturated carbocycles. The number of hydrogen-bond donors (Lipinski definition) is 2. The minimum Gasteiger partial charge on any atom is -0.465 e. The topological polar surface area (TPSA) is 85.1 Å². The number of hydrogen-bond acceptors (Lipinski definition) is 4. The van der Waals surface area contributed by atoms with Crippen molar-refractivity contribution in [3.05, 3.63) is 54.0 Å². The summed E-state index contributed by atoms with van der Waals surface area (Å²) in [4.78, 5) is 23.2. The largest absolute Gasteiger partial charge is 0.465 e. The van der Waals surface area contributed by atoms with Gasteiger partial charge in [0, 0.05) is 5.69 Å². The van der Waals surface area contributed by atoms with Crippen molar-refractivity contribution in [3.63, 3.8) is 0 Å². The van der Waals surface area contributed by atoms with Gasteiger partial charge in [-0.1, -0.05) is 0 Å². The van der Waals surface area contributed by atoms with Crippen molar-refractivity contribution in [3.8, 4) is 0 Å². The van der Waals surface area contributed by atoms with Crippen LogP contribution in [0.3, 0.4) is 0 Å². The number of nitrogens with one attached hydrogen (secondary N) is 1. The molecular weight excluding hydrogens is 284 g/mol. The number of esters is 1. The van der Waals surface area contributed by atoms with Gasteiger partial charge in [0.15, 0.2) is 12.3 Å². The lowest BCUT2D eigenvalue weighted by atomic mass is 10.2. The number of ether oxygens (including phenoxy) is 1. The van der Waals surface area contributed by atoms with Crippen LogP contribution < -0.4 is 10.6 Å². The molecule has 1 aromatic carbocycles. The highest BCUT2D eigenvalue weighted by atomic mass is 16.5. The van der Waals surface area contributed by atoms with E-state index >= 15 is 0 Å². The molecule has 1 amide bonds. The Hall–Kier alpha value is -2.60. The van der Waals surface area contributed by atoms with Gasteiger partial charge >= 0.3 is 5.97 Å². The standard InChI is InChI=1S/C16H18N2O4/c1-11(14-4-3-9-22-14)17-10-15(19)18-13-7-5-12(6-8-13)16(20)21-2/h3-9,11,17H,10H2,1-2H3,(H,18,19)/p+1/t11-/m1/s1. The molecule has 6 heteroatoms. The van der Waals surface area contributed by atoms with E-state index in [9.17, 15) is 9.59 Å². The zero-order valence-electron chi connectivity index (χ0n) is 12.5. The van der Waals surface area contributed by atoms with Crippen LogP contribution in [-0.4, -0.2) is 25.5 Å². The monoisotopic (exact) mass is 303 g/mol. The molecule has 22 heavy (non-hydrogen) atoms. The first-order valence-electron chi connectivity index (χ1n) is 6.95. The lowest BCUT2D eigenvalue weighted by Crippen LogP contribution is -2.86. The molecule has 0 spiro atoms. The van der Waals surface area contributed by atoms with E-state index in [1.807, 2.05) is 24.4 Å². The number of nitrogens with two attached hydrogens (primary N) is 1. The predicted molar refractivity (Wildman–Crippen MR) is 80.3 cm³/mol. The highest BCUT2D eigenvalue weighted by molar-refractivity contribution is 5.93. The summed E-state index contributed by atoms with van der Waals surface area (Å²) >= 11 is 0. The summed E-state index contributed by atoms with van der Waals surface area (Å²) in [5, 5.41) is 4.66. The molecule has 6 nitrogen and oxygen atoms in total. The maximum Gasteiger partial charge on any atom is 0.337 e. The van der Waals surface area contributed by atoms with Crippen molar-refractivity contribution in [1.82, 2.24) is 0 Å². The molecule has 2 rings (SSSR count). The number of carbonyl (C=O) groups is 2. The summed E-state index contributed by atoms with van der Waals surface area (Å²) in [5.74, 6) is 0.304. The van der Waals surface area contributed by atoms with Gasteiger partial charge in [-0.25, -0.2) is 4.79 Å². The number of rotatable bonds is 6. The summed E-state index contributed by atoms with van der Waals surface area (Å²) in [7, 11) is 1.33. The van der Waals surface area contributed by atoms with Gasteiger partial charge in [-0.3, -0.25) is 4.79 Å². The van der Waals surface area contributed by atoms with E-state index in [1.165, 1.54) is 7.11 Å². The first-order valence-corrected chi connectivity index (χ1v) is 6.95. The molecular formula is C16H19N2O4+. The molecule has 0 aliphatic carbocycles. The lowest BCUT2D eigenvalue weighted by molar-refractivity contribution is -0.684. The molecule has 1 aromatic heterocycles. The van der Waals surface area contributed by atoms with E-state index in [4.69, 9.17) is 4.42 Å². The van der Waals surface area contributed by atoms with Crippen LogP contribution in [0.4, 0.5) is 5.69 Å². The zero-order valence-corrected chi connectivity index (χ0v) is 12.5. The van der Waals surface area contributed by atoms with E-state index in [-0.39, 0.29) is 18.5 Å². The van der Waals surface area contributed by atoms with Crippen LogP contribution in [-0.2, 0) is 9.53 Å². The Morgan fingerprint density at radius 3 is 2.59 bits per heavy atom. The van der Waals surface area contributed by atoms with Crippen molar-refractivity contribution in [2.45, 2.75) is 13.0 Å². The number of benzene rings is 1. The third-order valence-corrected chi connectivity index (χ3v) is 3.24. The summed E-state index contributed by atoms with van der Waals surface area (Å²) in [6.45, 7) is 2.25. The molecule has 1 heterocycles. The fourth-order valence-corrected chi connectivity index (χ4v) is 1.97. The van der Waals surface area contributed by atoms with Crippen LogP contribution in [0.1, 0.15) is 29.1 Å². The molecule has 2 aromatic rings. The Balaban J connectivity index is 1.83. The highest BCUT2D eigenvalue weighted by Crippen LogP contribution is 2.10. The second kappa shape index (κ2) is 7.42. The molecule has 0 aliphatic heterocycles. The quantitative estimate of drug-likeness (QED) is 0.788. The van der Waals surface area contributed by atoms with Crippen LogP contribution in [0.15, 0.2) is 47.1 Å². The van der Waals surface area contributed by atoms with E-state index < -0.39 is 5.97 Å². The Morgan fingerprint density at radius 2 is 2.00 bits per heavy atom. The number of anilines is 1. The van der Waals surface area contributed by atoms with Crippen LogP contribution >= 0.6 is 0 Å². The maximum absolute atomic E-state index is 11.9. The van der Waals surface area contributed by atoms with E-state index in [2.05, 4.69) is 10.1 Å². The van der Waals surface area contributed by atoms with Crippen molar-refractivity contribution in [2.24, 2.45) is 0 Å². The van der Waals surface area contributed by atoms with E-state index in [1.54, 1.807) is 30.5 Å². The van der Waals surface area contributed by atoms with Gasteiger partial charge in [-0.05, 0) is 43.3 Å². The Kier molecular flexibility index (Phi) is 5.32. The van der Waals surface area contributed by atoms with Gasteiger partial charge in [0.25, 0.3) is 5.91 Å². The fraction of sp³-hybridized carbons (Fsp3) is 0.250. The summed E-state index contributed by atoms with van der Waals surface area (Å²) in [6.07, 6.45) is 1.61. The molecule has 116 valence electrons. The second-order valence-electron chi connectivity index (χ2n) is 4.86. The minimum atomic E-state index is -0.404. The van der Waals surface area contributed by atoms with Gasteiger partial charge in [0.2, 0.25) is 0 Å². The van der Waals surface area contributed by atoms with Gasteiger partial charge in [-0.15, -0.1) is 0 Å². The van der Waals surface area contributed by atoms with Crippen molar-refractivity contribution in [1.29, 1.82) is 0 Å². The van der Waals surface area contributed by atoms with E-state index in [0.29, 0.717) is 11.3 Å². The van der Waals surface area contributed by atoms with Gasteiger partial charge in [-0.2, -0.15) is 0 Å². The normalized spacial score (nSPS) is 11.7. The molecule has 3 N–H and O–H groups in total. The fourth-order valence-electron chi connectivity index (χ4n) is 1.97. The maximum atomic E-state index is 11.9. The van der Waals surface area contributed by atoms with Crippen LogP contribution in [0.5, 0.6) is 0 Å². The summed E-state index contributed by atoms with van der Waals surface area (Å²) in [6, 6.07) is 10.3. The summed E-state index contributed by atoms with van der Waals surface area (Å²) < 4.78 is 9.90. The summed E-state index contributed by atoms with van der Waals surface area (Å²) in [5.41, 5.74) is 1.08. The molecule has 1 atom stereocenters. The Labute approximate surface area is 128 Å². The van der Waals surface area contributed by atoms with Crippen molar-refractivity contribution < 1.29 is 24.1 Å². The molecule has 0 unspecified atom stereocenters. The van der Waals surface area contributed by atoms with Crippen LogP contribution in [0.25, 0.3) is 0 Å². The first-order chi connectivity index (χ1) is 10.6. The van der Waals surface area contributed by atoms with Crippen LogP contribution in [0.2, 0.25) is 0 Å². The molecule has 0 radical (unpaired) electrons. The van der Waals surface area contributed by atoms with Gasteiger partial charge in [0.1, 0.15) is 6.04 Å². The molecule has 0 fully saturated rings. The molecule has 0 saturated heterocycles. The average Bonchev–Trinajstić information content (AvgIpc) is 3.07. The zero-order chi connectivity index (χ0) is 15.9. The van der Waals surface area contributed by atoms with E-state index in [0.717, 1.165) is 5.76 Å². The molecule has 0 aliphatic rings. The van der Waals surface area contributed by atoms with Crippen molar-refractivity contribution in [2.75, 3.05) is 19.0 Å². The SMILES string of the molecule is COC(=O)c1ccc(NC(=O)C[NH2+][C@H](C)c2ccco2)cc1. The number of carbonyl (C=O) groups excluding carboxylic acids is 2. The molecule has 0 bridgehead atoms. The van der Waals surface area contributed by atoms with Crippen LogP contribution in [0, 0.1) is 0 Å². The Bertz CT molecular complexity index is 620. The average molecular weight is 303 g/mol. The lowest BCUT2D eigenvalue weighted by Gasteiger charge is -2.09. The first kappa shape index (κ1) is 15.8. The van der Waals surface area contributed by atoms with Gasteiger partial charge in [0.05, 0.1) is 18.9 Å². The number of furan rings is 1. The smallest absolute Gasteiger partial charge is 0.337 e.